The van der Waals surface area contributed by atoms with Gasteiger partial charge in [0.25, 0.3) is 10.0 Å². The maximum absolute atomic E-state index is 13.2. The van der Waals surface area contributed by atoms with Crippen LogP contribution in [0.15, 0.2) is 22.8 Å². The van der Waals surface area contributed by atoms with Crippen molar-refractivity contribution < 1.29 is 18.0 Å². The fourth-order valence-electron chi connectivity index (χ4n) is 4.64. The third-order valence-electron chi connectivity index (χ3n) is 6.63. The molecule has 0 radical (unpaired) electrons. The van der Waals surface area contributed by atoms with E-state index in [-0.39, 0.29) is 36.5 Å². The molecule has 1 unspecified atom stereocenters. The zero-order valence-corrected chi connectivity index (χ0v) is 20.6. The zero-order valence-electron chi connectivity index (χ0n) is 18.9. The summed E-state index contributed by atoms with van der Waals surface area (Å²) in [6, 6.07) is -0.645. The van der Waals surface area contributed by atoms with Crippen LogP contribution >= 0.6 is 11.3 Å². The van der Waals surface area contributed by atoms with Gasteiger partial charge in [-0.15, -0.1) is 11.3 Å². The van der Waals surface area contributed by atoms with Crippen molar-refractivity contribution in [2.75, 3.05) is 25.0 Å². The highest BCUT2D eigenvalue weighted by molar-refractivity contribution is 7.89. The lowest BCUT2D eigenvalue weighted by Crippen LogP contribution is -2.58. The number of thiazole rings is 1. The maximum atomic E-state index is 13.2. The molecule has 1 aliphatic heterocycles. The highest BCUT2D eigenvalue weighted by atomic mass is 32.2. The van der Waals surface area contributed by atoms with Gasteiger partial charge >= 0.3 is 0 Å². The number of amides is 2. The lowest BCUT2D eigenvalue weighted by Gasteiger charge is -2.39. The topological polar surface area (TPSA) is 118 Å². The minimum atomic E-state index is -3.86. The summed E-state index contributed by atoms with van der Waals surface area (Å²) in [5.41, 5.74) is 0. The first kappa shape index (κ1) is 23.8. The van der Waals surface area contributed by atoms with Gasteiger partial charge in [-0.2, -0.15) is 4.31 Å². The molecule has 33 heavy (non-hydrogen) atoms. The second-order valence-corrected chi connectivity index (χ2v) is 11.5. The van der Waals surface area contributed by atoms with Gasteiger partial charge in [-0.3, -0.25) is 9.59 Å². The fourth-order valence-corrected chi connectivity index (χ4v) is 6.70. The first-order chi connectivity index (χ1) is 15.8. The van der Waals surface area contributed by atoms with Crippen LogP contribution < -0.4 is 5.32 Å². The fraction of sp³-hybridized carbons (Fsp3) is 0.619. The van der Waals surface area contributed by atoms with Crippen LogP contribution in [-0.2, 0) is 26.7 Å². The number of aromatic nitrogens is 3. The smallest absolute Gasteiger partial charge is 0.260 e. The maximum Gasteiger partial charge on any atom is 0.260 e. The van der Waals surface area contributed by atoms with Gasteiger partial charge in [-0.25, -0.2) is 18.4 Å². The van der Waals surface area contributed by atoms with E-state index in [2.05, 4.69) is 15.3 Å². The van der Waals surface area contributed by atoms with Gasteiger partial charge in [-0.1, -0.05) is 32.1 Å². The van der Waals surface area contributed by atoms with E-state index in [1.165, 1.54) is 32.8 Å². The molecular formula is C21H30N6O4S2. The van der Waals surface area contributed by atoms with Crippen molar-refractivity contribution in [1.82, 2.24) is 23.7 Å². The lowest BCUT2D eigenvalue weighted by molar-refractivity contribution is -0.142. The van der Waals surface area contributed by atoms with E-state index in [0.29, 0.717) is 23.3 Å². The second kappa shape index (κ2) is 9.90. The van der Waals surface area contributed by atoms with Gasteiger partial charge in [0.2, 0.25) is 11.8 Å². The number of anilines is 1. The van der Waals surface area contributed by atoms with Crippen LogP contribution in [-0.4, -0.2) is 69.6 Å². The van der Waals surface area contributed by atoms with Crippen LogP contribution in [0.3, 0.4) is 0 Å². The summed E-state index contributed by atoms with van der Waals surface area (Å²) in [4.78, 5) is 36.1. The first-order valence-corrected chi connectivity index (χ1v) is 13.6. The number of carbonyl (C=O) groups excluding carboxylic acids is 2. The minimum Gasteiger partial charge on any atom is -0.328 e. The van der Waals surface area contributed by atoms with Crippen molar-refractivity contribution in [2.45, 2.75) is 56.5 Å². The number of nitrogens with one attached hydrogen (secondary N) is 1. The van der Waals surface area contributed by atoms with Gasteiger partial charge in [-0.05, 0) is 19.3 Å². The van der Waals surface area contributed by atoms with E-state index in [1.54, 1.807) is 30.4 Å². The third kappa shape index (κ3) is 5.12. The van der Waals surface area contributed by atoms with Crippen LogP contribution in [0.1, 0.15) is 44.3 Å². The molecule has 0 spiro atoms. The normalized spacial score (nSPS) is 19.6. The Hall–Kier alpha value is -2.31. The standard InChI is InChI=1S/C21H30N6O4S2/c1-15-23-13-19(25(15)2)33(30,31)26-9-10-27(18(28)14-26)17(12-16-6-4-3-5-7-16)20(29)24-21-22-8-11-32-21/h8,11,13,16-17H,3-7,9-10,12,14H2,1-2H3,(H,22,24,29). The molecule has 1 saturated heterocycles. The van der Waals surface area contributed by atoms with Gasteiger partial charge < -0.3 is 14.8 Å². The van der Waals surface area contributed by atoms with E-state index < -0.39 is 16.1 Å². The Bertz CT molecular complexity index is 1090. The molecule has 2 aromatic rings. The van der Waals surface area contributed by atoms with Crippen LogP contribution in [0.25, 0.3) is 0 Å². The Morgan fingerprint density at radius 1 is 1.24 bits per heavy atom. The summed E-state index contributed by atoms with van der Waals surface area (Å²) in [5.74, 6) is 0.323. The molecule has 10 nitrogen and oxygen atoms in total. The number of rotatable bonds is 7. The molecule has 3 heterocycles. The monoisotopic (exact) mass is 494 g/mol. The van der Waals surface area contributed by atoms with Gasteiger partial charge in [0.05, 0.1) is 12.7 Å². The number of nitrogens with zero attached hydrogens (tertiary/aromatic N) is 5. The van der Waals surface area contributed by atoms with Crippen molar-refractivity contribution >= 4 is 38.3 Å². The summed E-state index contributed by atoms with van der Waals surface area (Å²) in [5, 5.41) is 5.17. The number of imidazole rings is 1. The molecular weight excluding hydrogens is 464 g/mol. The largest absolute Gasteiger partial charge is 0.328 e. The number of sulfonamides is 1. The van der Waals surface area contributed by atoms with Crippen molar-refractivity contribution in [3.63, 3.8) is 0 Å². The van der Waals surface area contributed by atoms with Crippen molar-refractivity contribution in [2.24, 2.45) is 13.0 Å². The van der Waals surface area contributed by atoms with Crippen LogP contribution in [0.2, 0.25) is 0 Å². The predicted molar refractivity (Wildman–Crippen MR) is 124 cm³/mol. The third-order valence-corrected chi connectivity index (χ3v) is 9.21. The number of hydrogen-bond donors (Lipinski definition) is 1. The summed E-state index contributed by atoms with van der Waals surface area (Å²) in [7, 11) is -2.23. The van der Waals surface area contributed by atoms with Crippen LogP contribution in [0, 0.1) is 12.8 Å². The van der Waals surface area contributed by atoms with Gasteiger partial charge in [0, 0.05) is 31.7 Å². The Kier molecular flexibility index (Phi) is 7.15. The van der Waals surface area contributed by atoms with E-state index in [1.807, 2.05) is 0 Å². The summed E-state index contributed by atoms with van der Waals surface area (Å²) >= 11 is 1.32. The van der Waals surface area contributed by atoms with Gasteiger partial charge in [0.15, 0.2) is 10.2 Å². The van der Waals surface area contributed by atoms with E-state index in [0.717, 1.165) is 25.7 Å². The van der Waals surface area contributed by atoms with Crippen molar-refractivity contribution in [3.05, 3.63) is 23.6 Å². The minimum absolute atomic E-state index is 0.0570. The molecule has 4 rings (SSSR count). The molecule has 1 saturated carbocycles. The SMILES string of the molecule is Cc1ncc(S(=O)(=O)N2CCN(C(CC3CCCCC3)C(=O)Nc3nccs3)C(=O)C2)n1C. The molecule has 1 atom stereocenters. The first-order valence-electron chi connectivity index (χ1n) is 11.3. The Balaban J connectivity index is 1.51. The molecule has 0 aromatic carbocycles. The molecule has 180 valence electrons. The number of aryl methyl sites for hydroxylation is 1. The van der Waals surface area contributed by atoms with E-state index >= 15 is 0 Å². The van der Waals surface area contributed by atoms with Crippen LogP contribution in [0.5, 0.6) is 0 Å². The highest BCUT2D eigenvalue weighted by Crippen LogP contribution is 2.30. The Morgan fingerprint density at radius 2 is 2.00 bits per heavy atom. The zero-order chi connectivity index (χ0) is 23.6. The van der Waals surface area contributed by atoms with Crippen LogP contribution in [0.4, 0.5) is 5.13 Å². The Morgan fingerprint density at radius 3 is 2.61 bits per heavy atom. The molecule has 0 bridgehead atoms. The van der Waals surface area contributed by atoms with Crippen molar-refractivity contribution in [3.8, 4) is 0 Å². The van der Waals surface area contributed by atoms with E-state index in [4.69, 9.17) is 0 Å². The Labute approximate surface area is 198 Å². The second-order valence-electron chi connectivity index (χ2n) is 8.71. The average molecular weight is 495 g/mol. The lowest BCUT2D eigenvalue weighted by atomic mass is 9.84. The average Bonchev–Trinajstić information content (AvgIpc) is 3.43. The van der Waals surface area contributed by atoms with Gasteiger partial charge in [0.1, 0.15) is 11.9 Å². The predicted octanol–water partition coefficient (Wildman–Crippen LogP) is 2.00. The molecule has 1 N–H and O–H groups in total. The summed E-state index contributed by atoms with van der Waals surface area (Å²) in [6.07, 6.45) is 9.07. The molecule has 2 fully saturated rings. The molecule has 1 aliphatic carbocycles. The van der Waals surface area contributed by atoms with E-state index in [9.17, 15) is 18.0 Å². The number of hydrogen-bond acceptors (Lipinski definition) is 7. The number of carbonyl (C=O) groups is 2. The quantitative estimate of drug-likeness (QED) is 0.629. The number of piperazine rings is 1. The molecule has 2 aliphatic rings. The molecule has 2 aromatic heterocycles. The molecule has 2 amide bonds. The molecule has 12 heteroatoms. The summed E-state index contributed by atoms with van der Waals surface area (Å²) in [6.45, 7) is 1.72. The highest BCUT2D eigenvalue weighted by Gasteiger charge is 2.40. The van der Waals surface area contributed by atoms with Crippen molar-refractivity contribution in [1.29, 1.82) is 0 Å². The summed E-state index contributed by atoms with van der Waals surface area (Å²) < 4.78 is 28.9.